The largest absolute Gasteiger partial charge is 0.507 e. The molecule has 0 spiro atoms. The molecule has 1 aromatic heterocycles. The Balaban J connectivity index is 1.74. The van der Waals surface area contributed by atoms with Gasteiger partial charge in [0.15, 0.2) is 0 Å². The zero-order valence-electron chi connectivity index (χ0n) is 14.9. The summed E-state index contributed by atoms with van der Waals surface area (Å²) in [7, 11) is 0. The molecule has 1 fully saturated rings. The highest BCUT2D eigenvalue weighted by atomic mass is 16.5. The third kappa shape index (κ3) is 3.67. The second-order valence-corrected chi connectivity index (χ2v) is 6.41. The maximum atomic E-state index is 12.7. The predicted molar refractivity (Wildman–Crippen MR) is 102 cm³/mol. The average molecular weight is 367 g/mol. The van der Waals surface area contributed by atoms with Gasteiger partial charge < -0.3 is 19.0 Å². The lowest BCUT2D eigenvalue weighted by Crippen LogP contribution is -2.38. The van der Waals surface area contributed by atoms with Crippen LogP contribution in [0.25, 0.3) is 22.1 Å². The lowest BCUT2D eigenvalue weighted by molar-refractivity contribution is 0.0323. The van der Waals surface area contributed by atoms with Crippen molar-refractivity contribution in [1.29, 1.82) is 0 Å². The minimum absolute atomic E-state index is 0.0230. The molecule has 0 atom stereocenters. The van der Waals surface area contributed by atoms with E-state index in [0.717, 1.165) is 13.1 Å². The molecule has 1 aliphatic rings. The molecular formula is C21H21NO5. The molecular weight excluding hydrogens is 346 g/mol. The van der Waals surface area contributed by atoms with Gasteiger partial charge in [0.1, 0.15) is 34.6 Å². The SMILES string of the molecule is O=c1oc2cccc(O)c2c(OCCN2CCOCC2)c1-c1ccccc1. The van der Waals surface area contributed by atoms with E-state index in [9.17, 15) is 9.90 Å². The van der Waals surface area contributed by atoms with Crippen LogP contribution >= 0.6 is 0 Å². The van der Waals surface area contributed by atoms with Crippen LogP contribution in [0.3, 0.4) is 0 Å². The summed E-state index contributed by atoms with van der Waals surface area (Å²) in [6, 6.07) is 14.1. The van der Waals surface area contributed by atoms with E-state index >= 15 is 0 Å². The van der Waals surface area contributed by atoms with Crippen LogP contribution in [0.1, 0.15) is 0 Å². The van der Waals surface area contributed by atoms with Crippen LogP contribution < -0.4 is 10.4 Å². The minimum atomic E-state index is -0.485. The molecule has 6 heteroatoms. The molecule has 0 radical (unpaired) electrons. The Labute approximate surface area is 156 Å². The Kier molecular flexibility index (Phi) is 5.09. The Morgan fingerprint density at radius 3 is 2.59 bits per heavy atom. The first kappa shape index (κ1) is 17.6. The van der Waals surface area contributed by atoms with E-state index in [2.05, 4.69) is 4.90 Å². The maximum Gasteiger partial charge on any atom is 0.347 e. The Morgan fingerprint density at radius 2 is 1.81 bits per heavy atom. The van der Waals surface area contributed by atoms with E-state index < -0.39 is 5.63 Å². The molecule has 4 rings (SSSR count). The lowest BCUT2D eigenvalue weighted by Gasteiger charge is -2.26. The number of phenols is 1. The highest BCUT2D eigenvalue weighted by Gasteiger charge is 2.20. The first-order chi connectivity index (χ1) is 13.2. The number of benzene rings is 2. The van der Waals surface area contributed by atoms with Gasteiger partial charge in [-0.15, -0.1) is 0 Å². The summed E-state index contributed by atoms with van der Waals surface area (Å²) >= 11 is 0. The van der Waals surface area contributed by atoms with Crippen LogP contribution in [-0.4, -0.2) is 49.5 Å². The lowest BCUT2D eigenvalue weighted by atomic mass is 10.0. The Hall–Kier alpha value is -2.83. The topological polar surface area (TPSA) is 72.1 Å². The number of nitrogens with zero attached hydrogens (tertiary/aromatic N) is 1. The van der Waals surface area contributed by atoms with Crippen molar-refractivity contribution in [2.24, 2.45) is 0 Å². The summed E-state index contributed by atoms with van der Waals surface area (Å²) in [5, 5.41) is 10.8. The van der Waals surface area contributed by atoms with E-state index in [4.69, 9.17) is 13.9 Å². The monoisotopic (exact) mass is 367 g/mol. The molecule has 3 aromatic rings. The van der Waals surface area contributed by atoms with Gasteiger partial charge in [0.2, 0.25) is 0 Å². The molecule has 140 valence electrons. The van der Waals surface area contributed by atoms with Gasteiger partial charge in [-0.1, -0.05) is 36.4 Å². The fourth-order valence-corrected chi connectivity index (χ4v) is 3.30. The van der Waals surface area contributed by atoms with Crippen LogP contribution in [0, 0.1) is 0 Å². The number of hydrogen-bond acceptors (Lipinski definition) is 6. The predicted octanol–water partition coefficient (Wildman–Crippen LogP) is 2.88. The van der Waals surface area contributed by atoms with Gasteiger partial charge in [-0.25, -0.2) is 4.79 Å². The number of fused-ring (bicyclic) bond motifs is 1. The van der Waals surface area contributed by atoms with Crippen molar-refractivity contribution in [3.05, 3.63) is 59.0 Å². The molecule has 27 heavy (non-hydrogen) atoms. The Morgan fingerprint density at radius 1 is 1.04 bits per heavy atom. The smallest absolute Gasteiger partial charge is 0.347 e. The van der Waals surface area contributed by atoms with Gasteiger partial charge in [0.05, 0.1) is 13.2 Å². The van der Waals surface area contributed by atoms with Gasteiger partial charge in [0, 0.05) is 19.6 Å². The van der Waals surface area contributed by atoms with Gasteiger partial charge in [0.25, 0.3) is 0 Å². The maximum absolute atomic E-state index is 12.7. The first-order valence-electron chi connectivity index (χ1n) is 9.01. The van der Waals surface area contributed by atoms with Crippen molar-refractivity contribution < 1.29 is 19.0 Å². The molecule has 2 aromatic carbocycles. The van der Waals surface area contributed by atoms with Crippen LogP contribution in [0.2, 0.25) is 0 Å². The molecule has 1 saturated heterocycles. The van der Waals surface area contributed by atoms with E-state index in [1.54, 1.807) is 18.2 Å². The summed E-state index contributed by atoms with van der Waals surface area (Å²) in [5.74, 6) is 0.383. The van der Waals surface area contributed by atoms with E-state index in [1.807, 2.05) is 30.3 Å². The summed E-state index contributed by atoms with van der Waals surface area (Å²) < 4.78 is 16.9. The minimum Gasteiger partial charge on any atom is -0.507 e. The van der Waals surface area contributed by atoms with Crippen LogP contribution in [0.5, 0.6) is 11.5 Å². The normalized spacial score (nSPS) is 15.1. The molecule has 1 aliphatic heterocycles. The molecule has 1 N–H and O–H groups in total. The van der Waals surface area contributed by atoms with Crippen LogP contribution in [0.15, 0.2) is 57.7 Å². The summed E-state index contributed by atoms with van der Waals surface area (Å²) in [4.78, 5) is 14.9. The highest BCUT2D eigenvalue weighted by Crippen LogP contribution is 2.38. The Bertz CT molecular complexity index is 977. The zero-order chi connectivity index (χ0) is 18.6. The van der Waals surface area contributed by atoms with Crippen LogP contribution in [0.4, 0.5) is 0 Å². The number of rotatable bonds is 5. The molecule has 0 saturated carbocycles. The van der Waals surface area contributed by atoms with E-state index in [0.29, 0.717) is 54.2 Å². The number of hydrogen-bond donors (Lipinski definition) is 1. The molecule has 0 unspecified atom stereocenters. The quantitative estimate of drug-likeness (QED) is 0.699. The van der Waals surface area contributed by atoms with Gasteiger partial charge >= 0.3 is 5.63 Å². The first-order valence-corrected chi connectivity index (χ1v) is 9.01. The fraction of sp³-hybridized carbons (Fsp3) is 0.286. The highest BCUT2D eigenvalue weighted by molar-refractivity contribution is 5.94. The average Bonchev–Trinajstić information content (AvgIpc) is 2.69. The number of morpholine rings is 1. The van der Waals surface area contributed by atoms with Gasteiger partial charge in [-0.3, -0.25) is 4.90 Å². The summed E-state index contributed by atoms with van der Waals surface area (Å²) in [6.07, 6.45) is 0. The summed E-state index contributed by atoms with van der Waals surface area (Å²) in [6.45, 7) is 4.26. The van der Waals surface area contributed by atoms with Crippen molar-refractivity contribution in [1.82, 2.24) is 4.90 Å². The summed E-state index contributed by atoms with van der Waals surface area (Å²) in [5.41, 5.74) is 0.839. The molecule has 0 bridgehead atoms. The second kappa shape index (κ2) is 7.82. The standard InChI is InChI=1S/C21H21NO5/c23-16-7-4-8-17-19(16)20(26-14-11-22-9-12-25-13-10-22)18(21(24)27-17)15-5-2-1-3-6-15/h1-8,23H,9-14H2. The van der Waals surface area contributed by atoms with Crippen molar-refractivity contribution in [2.75, 3.05) is 39.5 Å². The second-order valence-electron chi connectivity index (χ2n) is 6.41. The zero-order valence-corrected chi connectivity index (χ0v) is 14.9. The van der Waals surface area contributed by atoms with Gasteiger partial charge in [-0.2, -0.15) is 0 Å². The molecule has 0 aliphatic carbocycles. The third-order valence-electron chi connectivity index (χ3n) is 4.69. The van der Waals surface area contributed by atoms with E-state index in [1.165, 1.54) is 0 Å². The van der Waals surface area contributed by atoms with E-state index in [-0.39, 0.29) is 5.75 Å². The van der Waals surface area contributed by atoms with Crippen molar-refractivity contribution in [2.45, 2.75) is 0 Å². The van der Waals surface area contributed by atoms with Crippen molar-refractivity contribution in [3.8, 4) is 22.6 Å². The number of phenolic OH excluding ortho intramolecular Hbond substituents is 1. The number of aromatic hydroxyl groups is 1. The molecule has 2 heterocycles. The molecule has 0 amide bonds. The third-order valence-corrected chi connectivity index (χ3v) is 4.69. The van der Waals surface area contributed by atoms with Crippen molar-refractivity contribution >= 4 is 11.0 Å². The van der Waals surface area contributed by atoms with Crippen LogP contribution in [-0.2, 0) is 4.74 Å². The number of ether oxygens (including phenoxy) is 2. The van der Waals surface area contributed by atoms with Gasteiger partial charge in [-0.05, 0) is 17.7 Å². The molecule has 6 nitrogen and oxygen atoms in total. The fourth-order valence-electron chi connectivity index (χ4n) is 3.30. The van der Waals surface area contributed by atoms with Crippen molar-refractivity contribution in [3.63, 3.8) is 0 Å².